The molecule has 5 nitrogen and oxygen atoms in total. The highest BCUT2D eigenvalue weighted by atomic mass is 16.6. The lowest BCUT2D eigenvalue weighted by atomic mass is 9.89. The molecular weight excluding hydrogens is 414 g/mol. The Morgan fingerprint density at radius 2 is 1.48 bits per heavy atom. The van der Waals surface area contributed by atoms with Crippen molar-refractivity contribution in [3.8, 4) is 16.9 Å². The summed E-state index contributed by atoms with van der Waals surface area (Å²) in [6, 6.07) is 23.9. The van der Waals surface area contributed by atoms with Gasteiger partial charge in [-0.25, -0.2) is 4.79 Å². The number of hydrogen-bond donors (Lipinski definition) is 1. The van der Waals surface area contributed by atoms with Crippen LogP contribution in [-0.2, 0) is 16.1 Å². The van der Waals surface area contributed by atoms with Crippen LogP contribution in [0.3, 0.4) is 0 Å². The summed E-state index contributed by atoms with van der Waals surface area (Å²) >= 11 is 0. The van der Waals surface area contributed by atoms with Crippen LogP contribution in [0.2, 0.25) is 0 Å². The minimum atomic E-state index is -0.450. The quantitative estimate of drug-likeness (QED) is 0.476. The molecule has 0 saturated heterocycles. The minimum absolute atomic E-state index is 0.160. The normalized spacial score (nSPS) is 13.7. The highest BCUT2D eigenvalue weighted by Crippen LogP contribution is 2.45. The van der Waals surface area contributed by atoms with Crippen LogP contribution in [0.25, 0.3) is 11.1 Å². The monoisotopic (exact) mass is 445 g/mol. The zero-order valence-corrected chi connectivity index (χ0v) is 19.6. The van der Waals surface area contributed by atoms with E-state index in [9.17, 15) is 4.79 Å². The van der Waals surface area contributed by atoms with Gasteiger partial charge in [-0.1, -0.05) is 81.4 Å². The molecule has 0 aromatic heterocycles. The number of alkyl carbamates (subject to hydrolysis) is 1. The van der Waals surface area contributed by atoms with Crippen LogP contribution in [0.1, 0.15) is 43.6 Å². The van der Waals surface area contributed by atoms with E-state index in [1.807, 2.05) is 60.7 Å². The van der Waals surface area contributed by atoms with Crippen molar-refractivity contribution < 1.29 is 19.0 Å². The van der Waals surface area contributed by atoms with Gasteiger partial charge in [0.25, 0.3) is 0 Å². The molecule has 0 fully saturated rings. The minimum Gasteiger partial charge on any atom is -0.497 e. The van der Waals surface area contributed by atoms with Crippen molar-refractivity contribution >= 4 is 6.09 Å². The lowest BCUT2D eigenvalue weighted by molar-refractivity contribution is -0.0269. The number of hydrogen-bond acceptors (Lipinski definition) is 4. The molecule has 33 heavy (non-hydrogen) atoms. The fourth-order valence-electron chi connectivity index (χ4n) is 4.09. The van der Waals surface area contributed by atoms with E-state index in [1.165, 1.54) is 0 Å². The number of ether oxygens (including phenoxy) is 3. The number of nitrogens with one attached hydrogen (secondary N) is 1. The molecular formula is C28H31NO4. The second-order valence-electron chi connectivity index (χ2n) is 9.35. The van der Waals surface area contributed by atoms with Gasteiger partial charge in [-0.2, -0.15) is 0 Å². The lowest BCUT2D eigenvalue weighted by Gasteiger charge is -2.31. The van der Waals surface area contributed by atoms with E-state index >= 15 is 0 Å². The van der Waals surface area contributed by atoms with E-state index in [4.69, 9.17) is 14.2 Å². The molecule has 0 saturated carbocycles. The van der Waals surface area contributed by atoms with Gasteiger partial charge in [0.15, 0.2) is 6.10 Å². The zero-order valence-electron chi connectivity index (χ0n) is 19.6. The van der Waals surface area contributed by atoms with E-state index in [0.717, 1.165) is 33.6 Å². The molecule has 1 aliphatic rings. The first-order chi connectivity index (χ1) is 15.9. The van der Waals surface area contributed by atoms with Gasteiger partial charge in [0.05, 0.1) is 19.8 Å². The maximum absolute atomic E-state index is 12.8. The van der Waals surface area contributed by atoms with Crippen molar-refractivity contribution in [2.75, 3.05) is 13.7 Å². The first-order valence-corrected chi connectivity index (χ1v) is 11.2. The number of methoxy groups -OCH3 is 1. The molecule has 0 radical (unpaired) electrons. The number of amides is 1. The second-order valence-corrected chi connectivity index (χ2v) is 9.35. The third-order valence-corrected chi connectivity index (χ3v) is 6.01. The Hall–Kier alpha value is -3.31. The number of rotatable bonds is 7. The number of fused-ring (bicyclic) bond motifs is 3. The second kappa shape index (κ2) is 9.67. The topological polar surface area (TPSA) is 56.8 Å². The van der Waals surface area contributed by atoms with Crippen molar-refractivity contribution in [2.24, 2.45) is 5.41 Å². The van der Waals surface area contributed by atoms with Gasteiger partial charge in [0.1, 0.15) is 5.75 Å². The molecule has 1 atom stereocenters. The number of benzene rings is 3. The molecule has 0 heterocycles. The Kier molecular flexibility index (Phi) is 6.70. The molecule has 5 heteroatoms. The molecule has 3 aromatic rings. The number of carbonyl (C=O) groups excluding carboxylic acids is 1. The standard InChI is InChI=1S/C28H31NO4/c1-28(2,3)25(32-18-19-13-15-20(31-4)16-14-19)17-29-27(30)33-26-23-11-7-5-9-21(23)22-10-6-8-12-24(22)26/h5-16,25-26H,17-18H2,1-4H3,(H,29,30)/t25-/m1/s1. The van der Waals surface area contributed by atoms with Crippen LogP contribution < -0.4 is 10.1 Å². The zero-order chi connectivity index (χ0) is 23.4. The molecule has 1 N–H and O–H groups in total. The van der Waals surface area contributed by atoms with Crippen LogP contribution >= 0.6 is 0 Å². The Labute approximate surface area is 195 Å². The van der Waals surface area contributed by atoms with E-state index in [-0.39, 0.29) is 11.5 Å². The third-order valence-electron chi connectivity index (χ3n) is 6.01. The van der Waals surface area contributed by atoms with Crippen molar-refractivity contribution in [2.45, 2.75) is 39.6 Å². The molecule has 0 bridgehead atoms. The van der Waals surface area contributed by atoms with Gasteiger partial charge < -0.3 is 19.5 Å². The van der Waals surface area contributed by atoms with Gasteiger partial charge >= 0.3 is 6.09 Å². The summed E-state index contributed by atoms with van der Waals surface area (Å²) < 4.78 is 17.3. The smallest absolute Gasteiger partial charge is 0.408 e. The molecule has 0 aliphatic heterocycles. The van der Waals surface area contributed by atoms with Crippen molar-refractivity contribution in [1.82, 2.24) is 5.32 Å². The fourth-order valence-corrected chi connectivity index (χ4v) is 4.09. The lowest BCUT2D eigenvalue weighted by Crippen LogP contribution is -2.41. The summed E-state index contributed by atoms with van der Waals surface area (Å²) in [5.41, 5.74) is 5.13. The molecule has 3 aromatic carbocycles. The average Bonchev–Trinajstić information content (AvgIpc) is 3.12. The predicted octanol–water partition coefficient (Wildman–Crippen LogP) is 6.12. The molecule has 0 unspecified atom stereocenters. The van der Waals surface area contributed by atoms with Gasteiger partial charge in [0, 0.05) is 17.7 Å². The van der Waals surface area contributed by atoms with Crippen molar-refractivity contribution in [3.63, 3.8) is 0 Å². The maximum Gasteiger partial charge on any atom is 0.408 e. The molecule has 4 rings (SSSR count). The molecule has 1 aliphatic carbocycles. The summed E-state index contributed by atoms with van der Waals surface area (Å²) in [7, 11) is 1.65. The van der Waals surface area contributed by atoms with Crippen molar-refractivity contribution in [1.29, 1.82) is 0 Å². The molecule has 0 spiro atoms. The Balaban J connectivity index is 1.39. The first-order valence-electron chi connectivity index (χ1n) is 11.2. The van der Waals surface area contributed by atoms with E-state index in [0.29, 0.717) is 13.2 Å². The van der Waals surface area contributed by atoms with Crippen LogP contribution in [0.4, 0.5) is 4.79 Å². The van der Waals surface area contributed by atoms with Gasteiger partial charge in [-0.05, 0) is 34.2 Å². The third kappa shape index (κ3) is 5.20. The largest absolute Gasteiger partial charge is 0.497 e. The van der Waals surface area contributed by atoms with Crippen LogP contribution in [0, 0.1) is 5.41 Å². The van der Waals surface area contributed by atoms with E-state index in [2.05, 4.69) is 38.2 Å². The molecule has 1 amide bonds. The SMILES string of the molecule is COc1ccc(CO[C@H](CNC(=O)OC2c3ccccc3-c3ccccc32)C(C)(C)C)cc1. The Bertz CT molecular complexity index is 1060. The van der Waals surface area contributed by atoms with E-state index < -0.39 is 12.2 Å². The predicted molar refractivity (Wildman–Crippen MR) is 129 cm³/mol. The van der Waals surface area contributed by atoms with Crippen LogP contribution in [0.5, 0.6) is 5.75 Å². The first kappa shape index (κ1) is 22.9. The summed E-state index contributed by atoms with van der Waals surface area (Å²) in [6.07, 6.45) is -1.05. The van der Waals surface area contributed by atoms with Gasteiger partial charge in [-0.3, -0.25) is 0 Å². The van der Waals surface area contributed by atoms with E-state index in [1.54, 1.807) is 7.11 Å². The van der Waals surface area contributed by atoms with Crippen LogP contribution in [0.15, 0.2) is 72.8 Å². The highest BCUT2D eigenvalue weighted by molar-refractivity contribution is 5.79. The Morgan fingerprint density at radius 3 is 2.03 bits per heavy atom. The molecule has 172 valence electrons. The van der Waals surface area contributed by atoms with Crippen LogP contribution in [-0.4, -0.2) is 25.9 Å². The highest BCUT2D eigenvalue weighted by Gasteiger charge is 2.32. The summed E-state index contributed by atoms with van der Waals surface area (Å²) in [6.45, 7) is 7.10. The van der Waals surface area contributed by atoms with Gasteiger partial charge in [-0.15, -0.1) is 0 Å². The summed E-state index contributed by atoms with van der Waals surface area (Å²) in [5.74, 6) is 0.811. The van der Waals surface area contributed by atoms with Crippen molar-refractivity contribution in [3.05, 3.63) is 89.5 Å². The van der Waals surface area contributed by atoms with Gasteiger partial charge in [0.2, 0.25) is 0 Å². The fraction of sp³-hybridized carbons (Fsp3) is 0.321. The maximum atomic E-state index is 12.8. The summed E-state index contributed by atoms with van der Waals surface area (Å²) in [4.78, 5) is 12.8. The number of carbonyl (C=O) groups is 1. The average molecular weight is 446 g/mol. The Morgan fingerprint density at radius 1 is 0.909 bits per heavy atom. The summed E-state index contributed by atoms with van der Waals surface area (Å²) in [5, 5.41) is 2.93.